The molecule has 0 radical (unpaired) electrons. The molecule has 0 heterocycles. The van der Waals surface area contributed by atoms with Crippen molar-refractivity contribution in [2.75, 3.05) is 19.8 Å². The number of carbonyl (C=O) groups excluding carboxylic acids is 2. The second-order valence-corrected chi connectivity index (χ2v) is 10.5. The molecule has 0 saturated carbocycles. The van der Waals surface area contributed by atoms with Crippen LogP contribution in [0.25, 0.3) is 0 Å². The second-order valence-electron chi connectivity index (χ2n) is 10.5. The number of unbranched alkanes of at least 4 members (excludes halogenated alkanes) is 2. The van der Waals surface area contributed by atoms with Gasteiger partial charge in [-0.25, -0.2) is 4.79 Å². The fourth-order valence-corrected chi connectivity index (χ4v) is 4.18. The van der Waals surface area contributed by atoms with Gasteiger partial charge in [0.15, 0.2) is 5.60 Å². The van der Waals surface area contributed by atoms with Crippen LogP contribution in [0.1, 0.15) is 83.7 Å². The first-order chi connectivity index (χ1) is 19.0. The van der Waals surface area contributed by atoms with E-state index in [0.29, 0.717) is 24.5 Å². The van der Waals surface area contributed by atoms with Crippen LogP contribution >= 0.6 is 12.4 Å². The second kappa shape index (κ2) is 17.4. The van der Waals surface area contributed by atoms with Crippen LogP contribution in [0, 0.1) is 0 Å². The van der Waals surface area contributed by atoms with Gasteiger partial charge in [0, 0.05) is 18.2 Å². The SMILES string of the molecule is CCOC(=O)C(C)(C)Oc1cc(OCCCCCOc2ccc(C=NN)cc2)ccc1C(=O)N(C(C)C)C(C)C.Cl. The van der Waals surface area contributed by atoms with Crippen LogP contribution in [0.15, 0.2) is 47.6 Å². The maximum atomic E-state index is 13.5. The van der Waals surface area contributed by atoms with Crippen molar-refractivity contribution in [2.24, 2.45) is 10.9 Å². The Hall–Kier alpha value is -3.46. The van der Waals surface area contributed by atoms with E-state index >= 15 is 0 Å². The number of ether oxygens (including phenoxy) is 4. The summed E-state index contributed by atoms with van der Waals surface area (Å²) in [5, 5.41) is 3.51. The Morgan fingerprint density at radius 2 is 1.49 bits per heavy atom. The van der Waals surface area contributed by atoms with Gasteiger partial charge in [-0.05, 0) is 110 Å². The quantitative estimate of drug-likeness (QED) is 0.0836. The van der Waals surface area contributed by atoms with E-state index in [1.807, 2.05) is 52.0 Å². The summed E-state index contributed by atoms with van der Waals surface area (Å²) in [6.07, 6.45) is 4.21. The van der Waals surface area contributed by atoms with Gasteiger partial charge in [0.25, 0.3) is 5.91 Å². The summed E-state index contributed by atoms with van der Waals surface area (Å²) in [5.41, 5.74) is -0.00476. The molecule has 2 N–H and O–H groups in total. The van der Waals surface area contributed by atoms with Crippen LogP contribution in [0.2, 0.25) is 0 Å². The third-order valence-corrected chi connectivity index (χ3v) is 6.09. The average molecular weight is 592 g/mol. The van der Waals surface area contributed by atoms with Crippen LogP contribution in [0.4, 0.5) is 0 Å². The topological polar surface area (TPSA) is 113 Å². The molecule has 0 atom stereocenters. The maximum absolute atomic E-state index is 13.5. The zero-order chi connectivity index (χ0) is 29.7. The Morgan fingerprint density at radius 3 is 2.02 bits per heavy atom. The molecule has 0 spiro atoms. The first-order valence-electron chi connectivity index (χ1n) is 13.9. The summed E-state index contributed by atoms with van der Waals surface area (Å²) >= 11 is 0. The molecule has 0 unspecified atom stereocenters. The number of halogens is 1. The number of amides is 1. The van der Waals surface area contributed by atoms with Crippen LogP contribution < -0.4 is 20.1 Å². The minimum Gasteiger partial charge on any atom is -0.494 e. The zero-order valence-corrected chi connectivity index (χ0v) is 26.2. The van der Waals surface area contributed by atoms with Gasteiger partial charge in [-0.2, -0.15) is 5.10 Å². The molecule has 228 valence electrons. The summed E-state index contributed by atoms with van der Waals surface area (Å²) in [6.45, 7) is 14.2. The molecule has 1 amide bonds. The monoisotopic (exact) mass is 591 g/mol. The van der Waals surface area contributed by atoms with E-state index in [4.69, 9.17) is 24.8 Å². The lowest BCUT2D eigenvalue weighted by atomic mass is 10.1. The van der Waals surface area contributed by atoms with Gasteiger partial charge in [0.1, 0.15) is 17.2 Å². The van der Waals surface area contributed by atoms with Crippen LogP contribution in [0.5, 0.6) is 17.2 Å². The van der Waals surface area contributed by atoms with Crippen molar-refractivity contribution in [1.29, 1.82) is 0 Å². The lowest BCUT2D eigenvalue weighted by Gasteiger charge is -2.32. The molecule has 2 aromatic rings. The molecule has 10 heteroatoms. The highest BCUT2D eigenvalue weighted by Gasteiger charge is 2.34. The van der Waals surface area contributed by atoms with Crippen molar-refractivity contribution in [1.82, 2.24) is 4.90 Å². The number of esters is 1. The molecule has 41 heavy (non-hydrogen) atoms. The third-order valence-electron chi connectivity index (χ3n) is 6.09. The summed E-state index contributed by atoms with van der Waals surface area (Å²) in [5.74, 6) is 6.12. The molecular weight excluding hydrogens is 546 g/mol. The standard InChI is InChI=1S/C31H45N3O6.ClH/c1-8-37-30(36)31(6,7)40-28-20-26(16-17-27(28)29(35)34(22(2)3)23(4)5)39-19-11-9-10-18-38-25-14-12-24(13-15-25)21-33-32;/h12-17,20-23H,8-11,18-19,32H2,1-7H3;1H. The number of nitrogens with zero attached hydrogens (tertiary/aromatic N) is 2. The van der Waals surface area contributed by atoms with E-state index in [1.165, 1.54) is 0 Å². The number of hydrazone groups is 1. The largest absolute Gasteiger partial charge is 0.494 e. The number of rotatable bonds is 16. The first kappa shape index (κ1) is 35.6. The third kappa shape index (κ3) is 11.1. The summed E-state index contributed by atoms with van der Waals surface area (Å²) < 4.78 is 23.0. The molecule has 0 aliphatic carbocycles. The minimum absolute atomic E-state index is 0. The molecule has 2 rings (SSSR count). The van der Waals surface area contributed by atoms with Crippen molar-refractivity contribution in [2.45, 2.75) is 85.4 Å². The van der Waals surface area contributed by atoms with E-state index in [1.54, 1.807) is 50.1 Å². The molecule has 0 saturated heterocycles. The molecular formula is C31H46ClN3O6. The van der Waals surface area contributed by atoms with E-state index in [-0.39, 0.29) is 42.8 Å². The molecule has 9 nitrogen and oxygen atoms in total. The average Bonchev–Trinajstić information content (AvgIpc) is 2.88. The predicted octanol–water partition coefficient (Wildman–Crippen LogP) is 6.01. The summed E-state index contributed by atoms with van der Waals surface area (Å²) in [7, 11) is 0. The summed E-state index contributed by atoms with van der Waals surface area (Å²) in [4.78, 5) is 27.8. The number of nitrogens with two attached hydrogens (primary N) is 1. The van der Waals surface area contributed by atoms with E-state index in [2.05, 4.69) is 5.10 Å². The van der Waals surface area contributed by atoms with Gasteiger partial charge >= 0.3 is 5.97 Å². The molecule has 0 fully saturated rings. The zero-order valence-electron chi connectivity index (χ0n) is 25.3. The molecule has 2 aromatic carbocycles. The molecule has 0 aliphatic heterocycles. The molecule has 0 bridgehead atoms. The van der Waals surface area contributed by atoms with Crippen LogP contribution in [-0.4, -0.2) is 60.5 Å². The Labute approximate surface area is 250 Å². The summed E-state index contributed by atoms with van der Waals surface area (Å²) in [6, 6.07) is 12.7. The maximum Gasteiger partial charge on any atom is 0.349 e. The molecule has 0 aliphatic rings. The van der Waals surface area contributed by atoms with Crippen LogP contribution in [0.3, 0.4) is 0 Å². The lowest BCUT2D eigenvalue weighted by Crippen LogP contribution is -2.43. The molecule has 0 aromatic heterocycles. The van der Waals surface area contributed by atoms with Gasteiger partial charge in [0.05, 0.1) is 31.6 Å². The smallest absolute Gasteiger partial charge is 0.349 e. The predicted molar refractivity (Wildman–Crippen MR) is 165 cm³/mol. The van der Waals surface area contributed by atoms with Gasteiger partial charge < -0.3 is 29.7 Å². The van der Waals surface area contributed by atoms with Crippen molar-refractivity contribution < 1.29 is 28.5 Å². The van der Waals surface area contributed by atoms with Gasteiger partial charge in [-0.15, -0.1) is 12.4 Å². The van der Waals surface area contributed by atoms with Crippen molar-refractivity contribution in [3.8, 4) is 17.2 Å². The van der Waals surface area contributed by atoms with E-state index < -0.39 is 11.6 Å². The lowest BCUT2D eigenvalue weighted by molar-refractivity contribution is -0.158. The van der Waals surface area contributed by atoms with E-state index in [0.717, 1.165) is 30.6 Å². The van der Waals surface area contributed by atoms with Gasteiger partial charge in [0.2, 0.25) is 0 Å². The van der Waals surface area contributed by atoms with Crippen molar-refractivity contribution in [3.63, 3.8) is 0 Å². The Bertz CT molecular complexity index is 1110. The highest BCUT2D eigenvalue weighted by molar-refractivity contribution is 5.97. The number of hydrogen-bond acceptors (Lipinski definition) is 8. The fourth-order valence-electron chi connectivity index (χ4n) is 4.18. The Balaban J connectivity index is 0.00000840. The Morgan fingerprint density at radius 1 is 0.927 bits per heavy atom. The van der Waals surface area contributed by atoms with Gasteiger partial charge in [-0.1, -0.05) is 0 Å². The Kier molecular flexibility index (Phi) is 15.1. The highest BCUT2D eigenvalue weighted by Crippen LogP contribution is 2.31. The van der Waals surface area contributed by atoms with Gasteiger partial charge in [-0.3, -0.25) is 4.79 Å². The number of benzene rings is 2. The van der Waals surface area contributed by atoms with Crippen LogP contribution in [-0.2, 0) is 9.53 Å². The fraction of sp³-hybridized carbons (Fsp3) is 0.516. The minimum atomic E-state index is -1.29. The van der Waals surface area contributed by atoms with Crippen molar-refractivity contribution >= 4 is 30.5 Å². The normalized spacial score (nSPS) is 11.3. The number of carbonyl (C=O) groups is 2. The number of hydrogen-bond donors (Lipinski definition) is 1. The van der Waals surface area contributed by atoms with Crippen molar-refractivity contribution in [3.05, 3.63) is 53.6 Å². The highest BCUT2D eigenvalue weighted by atomic mass is 35.5. The van der Waals surface area contributed by atoms with E-state index in [9.17, 15) is 9.59 Å². The first-order valence-corrected chi connectivity index (χ1v) is 13.9.